The first-order valence-electron chi connectivity index (χ1n) is 9.69. The number of fused-ring (bicyclic) bond motifs is 1. The van der Waals surface area contributed by atoms with Crippen molar-refractivity contribution in [2.75, 3.05) is 21.3 Å². The maximum Gasteiger partial charge on any atom is 0.240 e. The van der Waals surface area contributed by atoms with Gasteiger partial charge in [-0.15, -0.1) is 0 Å². The van der Waals surface area contributed by atoms with Crippen molar-refractivity contribution in [2.45, 2.75) is 19.4 Å². The van der Waals surface area contributed by atoms with Crippen molar-refractivity contribution in [3.63, 3.8) is 0 Å². The molecule has 1 aliphatic heterocycles. The number of para-hydroxylation sites is 1. The van der Waals surface area contributed by atoms with Crippen LogP contribution in [0.25, 0.3) is 10.9 Å². The molecule has 2 aromatic carbocycles. The predicted molar refractivity (Wildman–Crippen MR) is 119 cm³/mol. The molecule has 0 N–H and O–H groups in total. The second-order valence-electron chi connectivity index (χ2n) is 7.10. The highest BCUT2D eigenvalue weighted by Crippen LogP contribution is 2.39. The number of rotatable bonds is 5. The lowest BCUT2D eigenvalue weighted by atomic mass is 9.98. The van der Waals surface area contributed by atoms with Crippen LogP contribution in [0, 0.1) is 0 Å². The van der Waals surface area contributed by atoms with Gasteiger partial charge in [-0.3, -0.25) is 4.79 Å². The second-order valence-corrected chi connectivity index (χ2v) is 7.46. The Bertz CT molecular complexity index is 1190. The summed E-state index contributed by atoms with van der Waals surface area (Å²) in [5, 5.41) is 7.25. The zero-order chi connectivity index (χ0) is 22.1. The Morgan fingerprint density at radius 3 is 2.45 bits per heavy atom. The van der Waals surface area contributed by atoms with Gasteiger partial charge in [0, 0.05) is 29.9 Å². The number of ether oxygens (including phenoxy) is 3. The predicted octanol–water partition coefficient (Wildman–Crippen LogP) is 4.61. The Morgan fingerprint density at radius 1 is 1.03 bits per heavy atom. The molecular weight excluding hydrogens is 418 g/mol. The zero-order valence-corrected chi connectivity index (χ0v) is 18.4. The third kappa shape index (κ3) is 3.77. The van der Waals surface area contributed by atoms with Gasteiger partial charge < -0.3 is 14.2 Å². The minimum Gasteiger partial charge on any atom is -0.494 e. The fraction of sp³-hybridized carbons (Fsp3) is 0.261. The van der Waals surface area contributed by atoms with Gasteiger partial charge >= 0.3 is 0 Å². The van der Waals surface area contributed by atoms with Gasteiger partial charge in [-0.1, -0.05) is 23.7 Å². The molecule has 2 heterocycles. The van der Waals surface area contributed by atoms with Crippen LogP contribution >= 0.6 is 11.6 Å². The fourth-order valence-electron chi connectivity index (χ4n) is 3.80. The van der Waals surface area contributed by atoms with Crippen molar-refractivity contribution < 1.29 is 19.0 Å². The first-order valence-corrected chi connectivity index (χ1v) is 10.1. The number of pyridine rings is 1. The summed E-state index contributed by atoms with van der Waals surface area (Å²) in [6.07, 6.45) is 0.492. The van der Waals surface area contributed by atoms with E-state index >= 15 is 0 Å². The topological polar surface area (TPSA) is 73.2 Å². The van der Waals surface area contributed by atoms with Gasteiger partial charge in [-0.2, -0.15) is 5.10 Å². The van der Waals surface area contributed by atoms with Crippen LogP contribution in [0.1, 0.15) is 30.5 Å². The van der Waals surface area contributed by atoms with Gasteiger partial charge in [0.05, 0.1) is 33.1 Å². The molecule has 0 bridgehead atoms. The molecule has 0 fully saturated rings. The monoisotopic (exact) mass is 439 g/mol. The van der Waals surface area contributed by atoms with E-state index in [0.29, 0.717) is 34.3 Å². The van der Waals surface area contributed by atoms with E-state index in [0.717, 1.165) is 22.2 Å². The quantitative estimate of drug-likeness (QED) is 0.543. The maximum absolute atomic E-state index is 12.4. The number of amides is 1. The molecule has 0 unspecified atom stereocenters. The Labute approximate surface area is 185 Å². The van der Waals surface area contributed by atoms with Crippen LogP contribution in [0.4, 0.5) is 0 Å². The van der Waals surface area contributed by atoms with Gasteiger partial charge in [-0.25, -0.2) is 9.99 Å². The molecule has 0 aliphatic carbocycles. The number of carbonyl (C=O) groups is 1. The van der Waals surface area contributed by atoms with Crippen molar-refractivity contribution in [1.29, 1.82) is 0 Å². The SMILES string of the molecule is COc1ccc(C2=NN(C(C)=O)[C@H](c3cc4cccc(OC)c4nc3Cl)C2)cc1OC. The molecule has 160 valence electrons. The van der Waals surface area contributed by atoms with Crippen molar-refractivity contribution in [3.05, 3.63) is 58.7 Å². The molecule has 3 aromatic rings. The van der Waals surface area contributed by atoms with Crippen LogP contribution in [0.15, 0.2) is 47.6 Å². The summed E-state index contributed by atoms with van der Waals surface area (Å²) in [7, 11) is 4.76. The van der Waals surface area contributed by atoms with Gasteiger partial charge in [0.15, 0.2) is 11.5 Å². The van der Waals surface area contributed by atoms with E-state index in [1.54, 1.807) is 21.3 Å². The van der Waals surface area contributed by atoms with Crippen LogP contribution in [0.2, 0.25) is 5.15 Å². The van der Waals surface area contributed by atoms with Crippen LogP contribution in [-0.2, 0) is 4.79 Å². The molecule has 0 saturated heterocycles. The second kappa shape index (κ2) is 8.43. The van der Waals surface area contributed by atoms with Crippen molar-refractivity contribution >= 4 is 34.1 Å². The third-order valence-electron chi connectivity index (χ3n) is 5.32. The summed E-state index contributed by atoms with van der Waals surface area (Å²) in [6.45, 7) is 1.49. The Balaban J connectivity index is 1.75. The number of methoxy groups -OCH3 is 3. The third-order valence-corrected chi connectivity index (χ3v) is 5.62. The molecule has 1 amide bonds. The maximum atomic E-state index is 12.4. The number of benzene rings is 2. The largest absolute Gasteiger partial charge is 0.494 e. The lowest BCUT2D eigenvalue weighted by Gasteiger charge is -2.21. The van der Waals surface area contributed by atoms with Gasteiger partial charge in [-0.05, 0) is 30.3 Å². The molecule has 0 spiro atoms. The molecule has 7 nitrogen and oxygen atoms in total. The van der Waals surface area contributed by atoms with E-state index in [9.17, 15) is 4.79 Å². The minimum absolute atomic E-state index is 0.178. The normalized spacial score (nSPS) is 15.7. The average Bonchev–Trinajstić information content (AvgIpc) is 3.23. The van der Waals surface area contributed by atoms with Gasteiger partial charge in [0.25, 0.3) is 0 Å². The highest BCUT2D eigenvalue weighted by molar-refractivity contribution is 6.30. The molecule has 1 aliphatic rings. The number of hydrogen-bond donors (Lipinski definition) is 0. The molecule has 31 heavy (non-hydrogen) atoms. The summed E-state index contributed by atoms with van der Waals surface area (Å²) in [6, 6.07) is 12.8. The minimum atomic E-state index is -0.365. The summed E-state index contributed by atoms with van der Waals surface area (Å²) in [5.74, 6) is 1.68. The molecule has 0 radical (unpaired) electrons. The number of aromatic nitrogens is 1. The molecule has 1 aromatic heterocycles. The summed E-state index contributed by atoms with van der Waals surface area (Å²) >= 11 is 6.57. The van der Waals surface area contributed by atoms with E-state index in [2.05, 4.69) is 10.1 Å². The average molecular weight is 440 g/mol. The van der Waals surface area contributed by atoms with Crippen LogP contribution in [-0.4, -0.2) is 42.9 Å². The highest BCUT2D eigenvalue weighted by atomic mass is 35.5. The number of carbonyl (C=O) groups excluding carboxylic acids is 1. The van der Waals surface area contributed by atoms with Gasteiger partial charge in [0.1, 0.15) is 16.4 Å². The standard InChI is InChI=1S/C23H22ClN3O4/c1-13(28)27-18(12-17(26-27)14-8-9-19(29-2)21(11-14)31-4)16-10-15-6-5-7-20(30-3)22(15)25-23(16)24/h5-11,18H,12H2,1-4H3/t18-/m0/s1. The molecule has 0 saturated carbocycles. The smallest absolute Gasteiger partial charge is 0.240 e. The lowest BCUT2D eigenvalue weighted by Crippen LogP contribution is -2.24. The van der Waals surface area contributed by atoms with E-state index in [1.165, 1.54) is 11.9 Å². The van der Waals surface area contributed by atoms with E-state index in [4.69, 9.17) is 25.8 Å². The number of nitrogens with zero attached hydrogens (tertiary/aromatic N) is 3. The Morgan fingerprint density at radius 2 is 1.77 bits per heavy atom. The van der Waals surface area contributed by atoms with Crippen LogP contribution in [0.3, 0.4) is 0 Å². The van der Waals surface area contributed by atoms with Crippen molar-refractivity contribution in [3.8, 4) is 17.2 Å². The van der Waals surface area contributed by atoms with Crippen molar-refractivity contribution in [2.24, 2.45) is 5.10 Å². The highest BCUT2D eigenvalue weighted by Gasteiger charge is 2.33. The fourth-order valence-corrected chi connectivity index (χ4v) is 4.06. The molecule has 8 heteroatoms. The van der Waals surface area contributed by atoms with Crippen LogP contribution < -0.4 is 14.2 Å². The Hall–Kier alpha value is -3.32. The summed E-state index contributed by atoms with van der Waals surface area (Å²) in [5.41, 5.74) is 3.00. The lowest BCUT2D eigenvalue weighted by molar-refractivity contribution is -0.130. The van der Waals surface area contributed by atoms with E-state index in [-0.39, 0.29) is 11.9 Å². The van der Waals surface area contributed by atoms with Gasteiger partial charge in [0.2, 0.25) is 5.91 Å². The molecular formula is C23H22ClN3O4. The summed E-state index contributed by atoms with van der Waals surface area (Å²) in [4.78, 5) is 16.9. The van der Waals surface area contributed by atoms with Crippen molar-refractivity contribution in [1.82, 2.24) is 9.99 Å². The molecule has 1 atom stereocenters. The van der Waals surface area contributed by atoms with E-state index < -0.39 is 0 Å². The molecule has 4 rings (SSSR count). The number of hydrazone groups is 1. The van der Waals surface area contributed by atoms with Crippen LogP contribution in [0.5, 0.6) is 17.2 Å². The first-order chi connectivity index (χ1) is 15.0. The zero-order valence-electron chi connectivity index (χ0n) is 17.7. The first kappa shape index (κ1) is 20.9. The summed E-state index contributed by atoms with van der Waals surface area (Å²) < 4.78 is 16.1. The number of hydrogen-bond acceptors (Lipinski definition) is 6. The Kier molecular flexibility index (Phi) is 5.69. The number of halogens is 1. The van der Waals surface area contributed by atoms with E-state index in [1.807, 2.05) is 42.5 Å².